The number of rotatable bonds is 2. The summed E-state index contributed by atoms with van der Waals surface area (Å²) >= 11 is 0. The van der Waals surface area contributed by atoms with Crippen molar-refractivity contribution >= 4 is 5.97 Å². The maximum Gasteiger partial charge on any atom is 0.354 e. The molecule has 0 spiro atoms. The Hall–Kier alpha value is -1.45. The predicted molar refractivity (Wildman–Crippen MR) is 64.0 cm³/mol. The summed E-state index contributed by atoms with van der Waals surface area (Å²) in [5, 5.41) is 8.90. The van der Waals surface area contributed by atoms with E-state index in [2.05, 4.69) is 23.8 Å². The van der Waals surface area contributed by atoms with Crippen molar-refractivity contribution in [3.63, 3.8) is 0 Å². The molecule has 1 aliphatic rings. The molecule has 1 heterocycles. The Morgan fingerprint density at radius 3 is 2.65 bits per heavy atom. The van der Waals surface area contributed by atoms with E-state index in [1.54, 1.807) is 6.20 Å². The van der Waals surface area contributed by atoms with Gasteiger partial charge in [-0.1, -0.05) is 13.8 Å². The smallest absolute Gasteiger partial charge is 0.354 e. The average Bonchev–Trinajstić information content (AvgIpc) is 2.29. The third kappa shape index (κ3) is 2.81. The second-order valence-electron chi connectivity index (χ2n) is 5.54. The lowest BCUT2D eigenvalue weighted by Gasteiger charge is -2.33. The Labute approximate surface area is 101 Å². The number of carboxylic acids is 1. The fourth-order valence-electron chi connectivity index (χ4n) is 2.35. The van der Waals surface area contributed by atoms with Gasteiger partial charge >= 0.3 is 5.97 Å². The summed E-state index contributed by atoms with van der Waals surface area (Å²) in [5.41, 5.74) is 0.501. The summed E-state index contributed by atoms with van der Waals surface area (Å²) in [6.07, 6.45) is 5.95. The van der Waals surface area contributed by atoms with Gasteiger partial charge in [0.15, 0.2) is 5.69 Å². The predicted octanol–water partition coefficient (Wildman–Crippen LogP) is 2.86. The maximum absolute atomic E-state index is 10.8. The minimum Gasteiger partial charge on any atom is -0.477 e. The van der Waals surface area contributed by atoms with Gasteiger partial charge in [0.05, 0.1) is 0 Å². The Bertz CT molecular complexity index is 419. The van der Waals surface area contributed by atoms with Gasteiger partial charge < -0.3 is 5.11 Å². The van der Waals surface area contributed by atoms with Crippen molar-refractivity contribution in [2.45, 2.75) is 45.4 Å². The van der Waals surface area contributed by atoms with Crippen LogP contribution in [0, 0.1) is 5.41 Å². The van der Waals surface area contributed by atoms with Gasteiger partial charge in [-0.3, -0.25) is 0 Å². The van der Waals surface area contributed by atoms with Crippen LogP contribution < -0.4 is 0 Å². The van der Waals surface area contributed by atoms with Gasteiger partial charge in [0, 0.05) is 12.1 Å². The molecule has 0 atom stereocenters. The van der Waals surface area contributed by atoms with E-state index in [1.807, 2.05) is 0 Å². The van der Waals surface area contributed by atoms with E-state index in [0.717, 1.165) is 25.7 Å². The molecule has 1 aromatic rings. The van der Waals surface area contributed by atoms with E-state index in [9.17, 15) is 4.79 Å². The summed E-state index contributed by atoms with van der Waals surface area (Å²) in [7, 11) is 0. The molecule has 17 heavy (non-hydrogen) atoms. The molecule has 92 valence electrons. The molecular formula is C13H18N2O2. The molecule has 1 aromatic heterocycles. The zero-order valence-corrected chi connectivity index (χ0v) is 10.3. The van der Waals surface area contributed by atoms with E-state index >= 15 is 0 Å². The van der Waals surface area contributed by atoms with E-state index in [0.29, 0.717) is 17.2 Å². The second-order valence-corrected chi connectivity index (χ2v) is 5.54. The fraction of sp³-hybridized carbons (Fsp3) is 0.615. The number of carboxylic acid groups (broad SMARTS) is 1. The van der Waals surface area contributed by atoms with Gasteiger partial charge in [-0.25, -0.2) is 14.8 Å². The average molecular weight is 234 g/mol. The van der Waals surface area contributed by atoms with Crippen LogP contribution in [0.2, 0.25) is 0 Å². The van der Waals surface area contributed by atoms with Gasteiger partial charge in [-0.05, 0) is 37.2 Å². The number of carbonyl (C=O) groups is 1. The number of hydrogen-bond acceptors (Lipinski definition) is 3. The van der Waals surface area contributed by atoms with Crippen LogP contribution in [-0.4, -0.2) is 21.0 Å². The Morgan fingerprint density at radius 1 is 1.41 bits per heavy atom. The molecule has 0 aromatic carbocycles. The quantitative estimate of drug-likeness (QED) is 0.854. The molecule has 0 saturated heterocycles. The highest BCUT2D eigenvalue weighted by Gasteiger charge is 2.29. The normalized spacial score (nSPS) is 20.1. The van der Waals surface area contributed by atoms with Gasteiger partial charge in [0.1, 0.15) is 5.82 Å². The molecule has 1 fully saturated rings. The SMILES string of the molecule is CC1(C)CCC(c2nccc(C(=O)O)n2)CC1. The van der Waals surface area contributed by atoms with E-state index in [4.69, 9.17) is 5.11 Å². The second kappa shape index (κ2) is 4.43. The van der Waals surface area contributed by atoms with Crippen LogP contribution in [0.1, 0.15) is 61.8 Å². The van der Waals surface area contributed by atoms with Crippen LogP contribution in [0.5, 0.6) is 0 Å². The van der Waals surface area contributed by atoms with Crippen LogP contribution >= 0.6 is 0 Å². The third-order valence-electron chi connectivity index (χ3n) is 3.60. The molecule has 2 rings (SSSR count). The standard InChI is InChI=1S/C13H18N2O2/c1-13(2)6-3-9(4-7-13)11-14-8-5-10(15-11)12(16)17/h5,8-9H,3-4,6-7H2,1-2H3,(H,16,17). The lowest BCUT2D eigenvalue weighted by atomic mass is 9.73. The van der Waals surface area contributed by atoms with E-state index in [1.165, 1.54) is 6.07 Å². The number of hydrogen-bond donors (Lipinski definition) is 1. The van der Waals surface area contributed by atoms with Crippen LogP contribution in [-0.2, 0) is 0 Å². The number of aromatic nitrogens is 2. The molecule has 0 amide bonds. The minimum atomic E-state index is -0.982. The Kier molecular flexibility index (Phi) is 3.13. The topological polar surface area (TPSA) is 63.1 Å². The molecule has 0 aliphatic heterocycles. The first-order valence-corrected chi connectivity index (χ1v) is 6.04. The van der Waals surface area contributed by atoms with Gasteiger partial charge in [-0.15, -0.1) is 0 Å². The Balaban J connectivity index is 2.13. The molecule has 0 radical (unpaired) electrons. The van der Waals surface area contributed by atoms with Crippen molar-refractivity contribution in [2.24, 2.45) is 5.41 Å². The minimum absolute atomic E-state index is 0.0971. The molecule has 4 nitrogen and oxygen atoms in total. The molecule has 1 N–H and O–H groups in total. The van der Waals surface area contributed by atoms with Crippen molar-refractivity contribution in [1.29, 1.82) is 0 Å². The van der Waals surface area contributed by atoms with Gasteiger partial charge in [0.25, 0.3) is 0 Å². The lowest BCUT2D eigenvalue weighted by Crippen LogP contribution is -2.21. The van der Waals surface area contributed by atoms with Crippen molar-refractivity contribution in [3.05, 3.63) is 23.8 Å². The largest absolute Gasteiger partial charge is 0.477 e. The summed E-state index contributed by atoms with van der Waals surface area (Å²) in [6.45, 7) is 4.55. The molecule has 4 heteroatoms. The summed E-state index contributed by atoms with van der Waals surface area (Å²) in [5.74, 6) is 0.0347. The van der Waals surface area contributed by atoms with Crippen LogP contribution in [0.4, 0.5) is 0 Å². The third-order valence-corrected chi connectivity index (χ3v) is 3.60. The first-order valence-electron chi connectivity index (χ1n) is 6.04. The highest BCUT2D eigenvalue weighted by atomic mass is 16.4. The van der Waals surface area contributed by atoms with E-state index in [-0.39, 0.29) is 5.69 Å². The Morgan fingerprint density at radius 2 is 2.06 bits per heavy atom. The van der Waals surface area contributed by atoms with Crippen LogP contribution in [0.3, 0.4) is 0 Å². The molecule has 1 aliphatic carbocycles. The summed E-state index contributed by atoms with van der Waals surface area (Å²) < 4.78 is 0. The molecule has 0 unspecified atom stereocenters. The van der Waals surface area contributed by atoms with Crippen molar-refractivity contribution in [3.8, 4) is 0 Å². The van der Waals surface area contributed by atoms with Gasteiger partial charge in [0.2, 0.25) is 0 Å². The molecule has 1 saturated carbocycles. The number of nitrogens with zero attached hydrogens (tertiary/aromatic N) is 2. The van der Waals surface area contributed by atoms with Crippen molar-refractivity contribution in [1.82, 2.24) is 9.97 Å². The van der Waals surface area contributed by atoms with E-state index < -0.39 is 5.97 Å². The maximum atomic E-state index is 10.8. The van der Waals surface area contributed by atoms with Crippen LogP contribution in [0.25, 0.3) is 0 Å². The van der Waals surface area contributed by atoms with Crippen LogP contribution in [0.15, 0.2) is 12.3 Å². The zero-order chi connectivity index (χ0) is 12.5. The molecular weight excluding hydrogens is 216 g/mol. The first kappa shape index (κ1) is 12.0. The van der Waals surface area contributed by atoms with Gasteiger partial charge in [-0.2, -0.15) is 0 Å². The lowest BCUT2D eigenvalue weighted by molar-refractivity contribution is 0.0689. The number of aromatic carboxylic acids is 1. The first-order chi connectivity index (χ1) is 7.98. The fourth-order valence-corrected chi connectivity index (χ4v) is 2.35. The van der Waals surface area contributed by atoms with Crippen molar-refractivity contribution < 1.29 is 9.90 Å². The highest BCUT2D eigenvalue weighted by Crippen LogP contribution is 2.41. The molecule has 0 bridgehead atoms. The monoisotopic (exact) mass is 234 g/mol. The summed E-state index contributed by atoms with van der Waals surface area (Å²) in [4.78, 5) is 19.2. The highest BCUT2D eigenvalue weighted by molar-refractivity contribution is 5.85. The summed E-state index contributed by atoms with van der Waals surface area (Å²) in [6, 6.07) is 1.44. The van der Waals surface area contributed by atoms with Crippen molar-refractivity contribution in [2.75, 3.05) is 0 Å². The zero-order valence-electron chi connectivity index (χ0n) is 10.3.